The molecule has 3 aliphatic rings. The largest absolute Gasteiger partial charge is 0.384 e. The van der Waals surface area contributed by atoms with Crippen LogP contribution in [0, 0.1) is 11.8 Å². The van der Waals surface area contributed by atoms with Crippen LogP contribution >= 0.6 is 11.3 Å². The van der Waals surface area contributed by atoms with Crippen LogP contribution in [-0.4, -0.2) is 28.8 Å². The van der Waals surface area contributed by atoms with Crippen LogP contribution in [0.5, 0.6) is 0 Å². The zero-order chi connectivity index (χ0) is 21.7. The minimum Gasteiger partial charge on any atom is -0.384 e. The van der Waals surface area contributed by atoms with Crippen molar-refractivity contribution in [3.8, 4) is 0 Å². The van der Waals surface area contributed by atoms with Gasteiger partial charge in [-0.15, -0.1) is 11.3 Å². The van der Waals surface area contributed by atoms with Crippen molar-refractivity contribution < 1.29 is 14.4 Å². The first-order valence-corrected chi connectivity index (χ1v) is 11.7. The van der Waals surface area contributed by atoms with E-state index in [0.29, 0.717) is 40.8 Å². The summed E-state index contributed by atoms with van der Waals surface area (Å²) in [6.07, 6.45) is 8.18. The Bertz CT molecular complexity index is 1060. The first-order valence-electron chi connectivity index (χ1n) is 10.9. The van der Waals surface area contributed by atoms with Crippen LogP contribution in [0.1, 0.15) is 69.3 Å². The van der Waals surface area contributed by atoms with Crippen molar-refractivity contribution in [3.05, 3.63) is 33.8 Å². The smallest absolute Gasteiger partial charge is 0.254 e. The number of aromatic nitrogens is 1. The Balaban J connectivity index is 1.44. The fraction of sp³-hybridized carbons (Fsp3) is 0.500. The van der Waals surface area contributed by atoms with Crippen molar-refractivity contribution in [2.24, 2.45) is 17.6 Å². The van der Waals surface area contributed by atoms with Gasteiger partial charge in [0.1, 0.15) is 10.8 Å². The summed E-state index contributed by atoms with van der Waals surface area (Å²) in [4.78, 5) is 38.3. The monoisotopic (exact) mass is 441 g/mol. The van der Waals surface area contributed by atoms with Gasteiger partial charge in [-0.05, 0) is 62.5 Å². The third-order valence-electron chi connectivity index (χ3n) is 6.51. The molecule has 1 atom stereocenters. The molecule has 5 rings (SSSR count). The lowest BCUT2D eigenvalue weighted by Gasteiger charge is -2.25. The van der Waals surface area contributed by atoms with E-state index in [0.717, 1.165) is 49.0 Å². The summed E-state index contributed by atoms with van der Waals surface area (Å²) in [6.45, 7) is 0.676. The highest BCUT2D eigenvalue weighted by molar-refractivity contribution is 7.17. The van der Waals surface area contributed by atoms with Crippen LogP contribution in [0.15, 0.2) is 12.3 Å². The number of rotatable bonds is 7. The van der Waals surface area contributed by atoms with Gasteiger partial charge in [0.25, 0.3) is 11.8 Å². The molecule has 0 bridgehead atoms. The summed E-state index contributed by atoms with van der Waals surface area (Å²) in [5.74, 6) is 0.344. The summed E-state index contributed by atoms with van der Waals surface area (Å²) in [6, 6.07) is 1.67. The predicted molar refractivity (Wildman–Crippen MR) is 119 cm³/mol. The quantitative estimate of drug-likeness (QED) is 0.525. The number of amides is 3. The Morgan fingerprint density at radius 3 is 2.58 bits per heavy atom. The Labute approximate surface area is 184 Å². The number of hydrogen-bond acceptors (Lipinski definition) is 5. The van der Waals surface area contributed by atoms with Crippen molar-refractivity contribution in [2.45, 2.75) is 51.0 Å². The van der Waals surface area contributed by atoms with Gasteiger partial charge in [-0.2, -0.15) is 0 Å². The van der Waals surface area contributed by atoms with Crippen LogP contribution in [-0.2, 0) is 17.6 Å². The summed E-state index contributed by atoms with van der Waals surface area (Å²) in [5.41, 5.74) is 13.5. The normalized spacial score (nSPS) is 20.2. The molecule has 8 nitrogen and oxygen atoms in total. The summed E-state index contributed by atoms with van der Waals surface area (Å²) in [7, 11) is 0. The lowest BCUT2D eigenvalue weighted by molar-refractivity contribution is -0.117. The zero-order valence-corrected chi connectivity index (χ0v) is 18.1. The Kier molecular flexibility index (Phi) is 5.00. The molecule has 0 radical (unpaired) electrons. The van der Waals surface area contributed by atoms with Gasteiger partial charge in [-0.3, -0.25) is 14.4 Å². The topological polar surface area (TPSA) is 132 Å². The molecule has 31 heavy (non-hydrogen) atoms. The molecule has 6 N–H and O–H groups in total. The molecule has 0 aromatic carbocycles. The highest BCUT2D eigenvalue weighted by atomic mass is 32.1. The van der Waals surface area contributed by atoms with Crippen molar-refractivity contribution >= 4 is 39.9 Å². The number of carbonyl (C=O) groups excluding carboxylic acids is 3. The average Bonchev–Trinajstić information content (AvgIpc) is 3.65. The zero-order valence-electron chi connectivity index (χ0n) is 17.3. The van der Waals surface area contributed by atoms with Gasteiger partial charge in [-0.1, -0.05) is 0 Å². The average molecular weight is 442 g/mol. The Morgan fingerprint density at radius 2 is 1.94 bits per heavy atom. The second kappa shape index (κ2) is 7.71. The van der Waals surface area contributed by atoms with E-state index in [2.05, 4.69) is 10.6 Å². The summed E-state index contributed by atoms with van der Waals surface area (Å²) < 4.78 is 1.88. The second-order valence-electron chi connectivity index (χ2n) is 8.91. The molecule has 3 amide bonds. The van der Waals surface area contributed by atoms with E-state index in [-0.39, 0.29) is 23.8 Å². The second-order valence-corrected chi connectivity index (χ2v) is 10.0. The lowest BCUT2D eigenvalue weighted by Crippen LogP contribution is -2.28. The molecular weight excluding hydrogens is 414 g/mol. The van der Waals surface area contributed by atoms with Gasteiger partial charge in [0, 0.05) is 29.6 Å². The number of anilines is 2. The van der Waals surface area contributed by atoms with E-state index < -0.39 is 5.91 Å². The number of thiophene rings is 1. The maximum Gasteiger partial charge on any atom is 0.254 e. The van der Waals surface area contributed by atoms with Gasteiger partial charge in [0.15, 0.2) is 0 Å². The standard InChI is InChI=1S/C22H27N5O3S/c23-18-14(19(24)28)7-8-27(18)13-5-6-16-15(9-13)17(21(30)25-10-11-1-2-11)22(31-16)26-20(29)12-3-4-12/h7-8,11-13H,1-6,9-10,23H2,(H2,24,28)(H,25,30)(H,26,29). The van der Waals surface area contributed by atoms with E-state index >= 15 is 0 Å². The van der Waals surface area contributed by atoms with E-state index in [4.69, 9.17) is 11.5 Å². The summed E-state index contributed by atoms with van der Waals surface area (Å²) in [5, 5.41) is 6.75. The van der Waals surface area contributed by atoms with E-state index in [1.807, 2.05) is 4.57 Å². The van der Waals surface area contributed by atoms with Crippen LogP contribution in [0.2, 0.25) is 0 Å². The maximum absolute atomic E-state index is 13.2. The molecular formula is C22H27N5O3S. The van der Waals surface area contributed by atoms with E-state index in [9.17, 15) is 14.4 Å². The van der Waals surface area contributed by atoms with Gasteiger partial charge in [0.2, 0.25) is 5.91 Å². The van der Waals surface area contributed by atoms with Gasteiger partial charge in [-0.25, -0.2) is 0 Å². The summed E-state index contributed by atoms with van der Waals surface area (Å²) >= 11 is 1.52. The molecule has 0 saturated heterocycles. The van der Waals surface area contributed by atoms with E-state index in [1.165, 1.54) is 11.3 Å². The molecule has 2 saturated carbocycles. The minimum atomic E-state index is -0.548. The first-order chi connectivity index (χ1) is 14.9. The number of nitrogens with one attached hydrogen (secondary N) is 2. The Hall–Kier alpha value is -2.81. The number of fused-ring (bicyclic) bond motifs is 1. The fourth-order valence-electron chi connectivity index (χ4n) is 4.32. The van der Waals surface area contributed by atoms with Crippen LogP contribution < -0.4 is 22.1 Å². The number of primary amides is 1. The van der Waals surface area contributed by atoms with Crippen LogP contribution in [0.3, 0.4) is 0 Å². The number of aryl methyl sites for hydroxylation is 1. The van der Waals surface area contributed by atoms with Gasteiger partial charge in [0.05, 0.1) is 11.1 Å². The van der Waals surface area contributed by atoms with Gasteiger partial charge < -0.3 is 26.7 Å². The molecule has 3 aliphatic carbocycles. The lowest BCUT2D eigenvalue weighted by atomic mass is 9.91. The van der Waals surface area contributed by atoms with Crippen molar-refractivity contribution in [1.29, 1.82) is 0 Å². The maximum atomic E-state index is 13.2. The molecule has 9 heteroatoms. The molecule has 0 aliphatic heterocycles. The molecule has 2 fully saturated rings. The van der Waals surface area contributed by atoms with Crippen LogP contribution in [0.4, 0.5) is 10.8 Å². The molecule has 2 heterocycles. The third-order valence-corrected chi connectivity index (χ3v) is 7.72. The predicted octanol–water partition coefficient (Wildman–Crippen LogP) is 2.45. The Morgan fingerprint density at radius 1 is 1.16 bits per heavy atom. The first kappa shape index (κ1) is 20.1. The van der Waals surface area contributed by atoms with Gasteiger partial charge >= 0.3 is 0 Å². The molecule has 2 aromatic heterocycles. The molecule has 2 aromatic rings. The number of carbonyl (C=O) groups is 3. The van der Waals surface area contributed by atoms with Crippen molar-refractivity contribution in [2.75, 3.05) is 17.6 Å². The van der Waals surface area contributed by atoms with Crippen LogP contribution in [0.25, 0.3) is 0 Å². The third kappa shape index (κ3) is 3.94. The van der Waals surface area contributed by atoms with Crippen molar-refractivity contribution in [3.63, 3.8) is 0 Å². The molecule has 1 unspecified atom stereocenters. The number of hydrogen-bond donors (Lipinski definition) is 4. The minimum absolute atomic E-state index is 0.00661. The van der Waals surface area contributed by atoms with Crippen molar-refractivity contribution in [1.82, 2.24) is 9.88 Å². The van der Waals surface area contributed by atoms with E-state index in [1.54, 1.807) is 12.3 Å². The fourth-order valence-corrected chi connectivity index (χ4v) is 5.57. The molecule has 164 valence electrons. The highest BCUT2D eigenvalue weighted by Crippen LogP contribution is 2.43. The number of nitrogens with zero attached hydrogens (tertiary/aromatic N) is 1. The SMILES string of the molecule is NC(=O)c1ccn(C2CCc3sc(NC(=O)C4CC4)c(C(=O)NCC4CC4)c3C2)c1N. The number of nitrogen functional groups attached to an aromatic ring is 1. The number of nitrogens with two attached hydrogens (primary N) is 2. The highest BCUT2D eigenvalue weighted by Gasteiger charge is 2.35. The molecule has 0 spiro atoms.